The monoisotopic (exact) mass is 296 g/mol. The second kappa shape index (κ2) is 5.97. The molecule has 0 radical (unpaired) electrons. The third-order valence-electron chi connectivity index (χ3n) is 3.28. The molecular weight excluding hydrogens is 280 g/mol. The molecule has 0 fully saturated rings. The van der Waals surface area contributed by atoms with Crippen molar-refractivity contribution in [2.75, 3.05) is 19.0 Å². The highest BCUT2D eigenvalue weighted by molar-refractivity contribution is 7.14. The maximum Gasteiger partial charge on any atom is 0.183 e. The maximum absolute atomic E-state index is 5.44. The molecule has 1 heterocycles. The lowest BCUT2D eigenvalue weighted by Crippen LogP contribution is -1.96. The van der Waals surface area contributed by atoms with Gasteiger partial charge in [-0.2, -0.15) is 0 Å². The predicted molar refractivity (Wildman–Crippen MR) is 90.3 cm³/mol. The summed E-state index contributed by atoms with van der Waals surface area (Å²) in [6.45, 7) is 4.42. The summed E-state index contributed by atoms with van der Waals surface area (Å²) in [5.74, 6) is 0.884. The molecule has 21 heavy (non-hydrogen) atoms. The number of benzene rings is 2. The molecule has 3 aromatic rings. The first-order chi connectivity index (χ1) is 10.3. The van der Waals surface area contributed by atoms with Gasteiger partial charge in [-0.25, -0.2) is 4.98 Å². The van der Waals surface area contributed by atoms with Crippen LogP contribution in [0.5, 0.6) is 5.75 Å². The Morgan fingerprint density at radius 3 is 2.81 bits per heavy atom. The molecule has 1 N–H and O–H groups in total. The number of aromatic nitrogens is 1. The second-order valence-corrected chi connectivity index (χ2v) is 5.43. The van der Waals surface area contributed by atoms with Crippen LogP contribution in [0.4, 0.5) is 5.13 Å². The van der Waals surface area contributed by atoms with E-state index in [0.29, 0.717) is 0 Å². The van der Waals surface area contributed by atoms with Crippen molar-refractivity contribution in [2.45, 2.75) is 0 Å². The van der Waals surface area contributed by atoms with Crippen molar-refractivity contribution in [3.63, 3.8) is 0 Å². The normalized spacial score (nSPS) is 10.5. The van der Waals surface area contributed by atoms with Crippen LogP contribution in [0.25, 0.3) is 22.0 Å². The summed E-state index contributed by atoms with van der Waals surface area (Å²) in [6.07, 6.45) is 1.82. The Kier molecular flexibility index (Phi) is 3.88. The summed E-state index contributed by atoms with van der Waals surface area (Å²) in [5.41, 5.74) is 2.10. The fourth-order valence-electron chi connectivity index (χ4n) is 2.31. The predicted octanol–water partition coefficient (Wildman–Crippen LogP) is 4.57. The first kappa shape index (κ1) is 13.6. The second-order valence-electron chi connectivity index (χ2n) is 4.57. The van der Waals surface area contributed by atoms with Crippen LogP contribution in [0.3, 0.4) is 0 Å². The van der Waals surface area contributed by atoms with Gasteiger partial charge in [0.1, 0.15) is 5.75 Å². The SMILES string of the molecule is C=CCNc1nc(-c2ccc(OC)c3ccccc23)cs1. The molecule has 3 nitrogen and oxygen atoms in total. The van der Waals surface area contributed by atoms with E-state index < -0.39 is 0 Å². The lowest BCUT2D eigenvalue weighted by atomic mass is 10.0. The van der Waals surface area contributed by atoms with Gasteiger partial charge in [0, 0.05) is 22.9 Å². The standard InChI is InChI=1S/C17H16N2OS/c1-3-10-18-17-19-15(11-21-17)13-8-9-16(20-2)14-7-5-4-6-12(13)14/h3-9,11H,1,10H2,2H3,(H,18,19). The molecule has 0 aliphatic heterocycles. The van der Waals surface area contributed by atoms with Gasteiger partial charge in [0.2, 0.25) is 0 Å². The number of rotatable bonds is 5. The van der Waals surface area contributed by atoms with Crippen LogP contribution in [0.15, 0.2) is 54.4 Å². The van der Waals surface area contributed by atoms with Gasteiger partial charge in [-0.1, -0.05) is 30.3 Å². The number of hydrogen-bond donors (Lipinski definition) is 1. The molecule has 0 spiro atoms. The molecule has 106 valence electrons. The number of hydrogen-bond acceptors (Lipinski definition) is 4. The molecule has 0 bridgehead atoms. The molecular formula is C17H16N2OS. The molecule has 4 heteroatoms. The van der Waals surface area contributed by atoms with E-state index in [9.17, 15) is 0 Å². The molecule has 3 rings (SSSR count). The van der Waals surface area contributed by atoms with Crippen LogP contribution in [0, 0.1) is 0 Å². The van der Waals surface area contributed by atoms with Crippen LogP contribution < -0.4 is 10.1 Å². The van der Waals surface area contributed by atoms with E-state index in [1.54, 1.807) is 18.4 Å². The number of ether oxygens (including phenoxy) is 1. The first-order valence-corrected chi connectivity index (χ1v) is 7.58. The molecule has 0 aliphatic rings. The van der Waals surface area contributed by atoms with E-state index in [4.69, 9.17) is 4.74 Å². The fourth-order valence-corrected chi connectivity index (χ4v) is 3.03. The Balaban J connectivity index is 2.08. The molecule has 0 saturated carbocycles. The van der Waals surface area contributed by atoms with Crippen LogP contribution in [0.1, 0.15) is 0 Å². The average Bonchev–Trinajstić information content (AvgIpc) is 3.00. The lowest BCUT2D eigenvalue weighted by Gasteiger charge is -2.08. The number of fused-ring (bicyclic) bond motifs is 1. The van der Waals surface area contributed by atoms with E-state index in [0.717, 1.165) is 39.5 Å². The van der Waals surface area contributed by atoms with Crippen LogP contribution in [0.2, 0.25) is 0 Å². The number of nitrogens with one attached hydrogen (secondary N) is 1. The maximum atomic E-state index is 5.44. The Hall–Kier alpha value is -2.33. The van der Waals surface area contributed by atoms with Crippen molar-refractivity contribution < 1.29 is 4.74 Å². The van der Waals surface area contributed by atoms with Crippen molar-refractivity contribution in [1.29, 1.82) is 0 Å². The van der Waals surface area contributed by atoms with Gasteiger partial charge in [0.05, 0.1) is 12.8 Å². The minimum atomic E-state index is 0.719. The van der Waals surface area contributed by atoms with E-state index >= 15 is 0 Å². The minimum absolute atomic E-state index is 0.719. The Morgan fingerprint density at radius 2 is 2.05 bits per heavy atom. The highest BCUT2D eigenvalue weighted by atomic mass is 32.1. The zero-order chi connectivity index (χ0) is 14.7. The van der Waals surface area contributed by atoms with Gasteiger partial charge >= 0.3 is 0 Å². The quantitative estimate of drug-likeness (QED) is 0.700. The van der Waals surface area contributed by atoms with Gasteiger partial charge in [0.25, 0.3) is 0 Å². The van der Waals surface area contributed by atoms with Crippen molar-refractivity contribution in [2.24, 2.45) is 0 Å². The Labute approximate surface area is 127 Å². The van der Waals surface area contributed by atoms with Crippen molar-refractivity contribution in [3.05, 3.63) is 54.4 Å². The average molecular weight is 296 g/mol. The van der Waals surface area contributed by atoms with E-state index in [1.807, 2.05) is 24.3 Å². The van der Waals surface area contributed by atoms with Gasteiger partial charge in [-0.05, 0) is 17.5 Å². The zero-order valence-electron chi connectivity index (χ0n) is 11.8. The number of thiazole rings is 1. The van der Waals surface area contributed by atoms with Gasteiger partial charge in [-0.3, -0.25) is 0 Å². The van der Waals surface area contributed by atoms with Gasteiger partial charge in [0.15, 0.2) is 5.13 Å². The number of methoxy groups -OCH3 is 1. The van der Waals surface area contributed by atoms with Gasteiger partial charge < -0.3 is 10.1 Å². The Bertz CT molecular complexity index is 779. The third kappa shape index (κ3) is 2.62. The Morgan fingerprint density at radius 1 is 1.24 bits per heavy atom. The third-order valence-corrected chi connectivity index (χ3v) is 4.08. The molecule has 0 unspecified atom stereocenters. The number of anilines is 1. The molecule has 1 aromatic heterocycles. The molecule has 0 atom stereocenters. The van der Waals surface area contributed by atoms with E-state index in [2.05, 4.69) is 40.5 Å². The summed E-state index contributed by atoms with van der Waals surface area (Å²) < 4.78 is 5.44. The summed E-state index contributed by atoms with van der Waals surface area (Å²) in [6, 6.07) is 12.3. The summed E-state index contributed by atoms with van der Waals surface area (Å²) >= 11 is 1.60. The first-order valence-electron chi connectivity index (χ1n) is 6.70. The zero-order valence-corrected chi connectivity index (χ0v) is 12.6. The molecule has 0 amide bonds. The lowest BCUT2D eigenvalue weighted by molar-refractivity contribution is 0.420. The van der Waals surface area contributed by atoms with E-state index in [1.165, 1.54) is 0 Å². The highest BCUT2D eigenvalue weighted by Gasteiger charge is 2.10. The topological polar surface area (TPSA) is 34.2 Å². The largest absolute Gasteiger partial charge is 0.496 e. The van der Waals surface area contributed by atoms with Crippen molar-refractivity contribution >= 4 is 27.2 Å². The minimum Gasteiger partial charge on any atom is -0.496 e. The fraction of sp³-hybridized carbons (Fsp3) is 0.118. The van der Waals surface area contributed by atoms with E-state index in [-0.39, 0.29) is 0 Å². The summed E-state index contributed by atoms with van der Waals surface area (Å²) in [5, 5.41) is 8.45. The van der Waals surface area contributed by atoms with Crippen molar-refractivity contribution in [3.8, 4) is 17.0 Å². The van der Waals surface area contributed by atoms with Gasteiger partial charge in [-0.15, -0.1) is 17.9 Å². The molecule has 2 aromatic carbocycles. The van der Waals surface area contributed by atoms with Crippen LogP contribution in [-0.4, -0.2) is 18.6 Å². The highest BCUT2D eigenvalue weighted by Crippen LogP contribution is 2.35. The molecule has 0 aliphatic carbocycles. The number of nitrogens with zero attached hydrogens (tertiary/aromatic N) is 1. The smallest absolute Gasteiger partial charge is 0.183 e. The molecule has 0 saturated heterocycles. The van der Waals surface area contributed by atoms with Crippen LogP contribution in [-0.2, 0) is 0 Å². The van der Waals surface area contributed by atoms with Crippen molar-refractivity contribution in [1.82, 2.24) is 4.98 Å². The van der Waals surface area contributed by atoms with Crippen LogP contribution >= 0.6 is 11.3 Å². The summed E-state index contributed by atoms with van der Waals surface area (Å²) in [7, 11) is 1.70. The summed E-state index contributed by atoms with van der Waals surface area (Å²) in [4.78, 5) is 4.64.